The fourth-order valence-electron chi connectivity index (χ4n) is 1.17. The van der Waals surface area contributed by atoms with E-state index in [-0.39, 0.29) is 5.54 Å². The van der Waals surface area contributed by atoms with Crippen molar-refractivity contribution in [2.75, 3.05) is 5.88 Å². The highest BCUT2D eigenvalue weighted by molar-refractivity contribution is 6.38. The molecule has 0 unspecified atom stereocenters. The van der Waals surface area contributed by atoms with Gasteiger partial charge in [0.1, 0.15) is 0 Å². The Morgan fingerprint density at radius 3 is 2.31 bits per heavy atom. The Morgan fingerprint density at radius 2 is 1.81 bits per heavy atom. The molecule has 0 fully saturated rings. The van der Waals surface area contributed by atoms with Gasteiger partial charge in [-0.15, -0.1) is 11.6 Å². The summed E-state index contributed by atoms with van der Waals surface area (Å²) in [5.74, 6) is 0.584. The van der Waals surface area contributed by atoms with Gasteiger partial charge in [0, 0.05) is 17.7 Å². The molecule has 16 heavy (non-hydrogen) atoms. The van der Waals surface area contributed by atoms with Crippen molar-refractivity contribution in [3.63, 3.8) is 0 Å². The summed E-state index contributed by atoms with van der Waals surface area (Å²) < 4.78 is 0. The molecule has 1 nitrogen and oxygen atoms in total. The summed E-state index contributed by atoms with van der Waals surface area (Å²) in [6.07, 6.45) is 2.53. The van der Waals surface area contributed by atoms with E-state index in [1.165, 1.54) is 0 Å². The quantitative estimate of drug-likeness (QED) is 0.553. The molecular weight excluding hydrogens is 264 g/mol. The summed E-state index contributed by atoms with van der Waals surface area (Å²) in [6.45, 7) is 4.05. The molecule has 0 saturated heterocycles. The number of hydrogen-bond acceptors (Lipinski definition) is 1. The third kappa shape index (κ3) is 3.97. The Balaban J connectivity index is 2.92. The van der Waals surface area contributed by atoms with E-state index in [0.717, 1.165) is 12.0 Å². The lowest BCUT2D eigenvalue weighted by Gasteiger charge is -2.17. The molecule has 1 aromatic rings. The minimum Gasteiger partial charge on any atom is -0.286 e. The van der Waals surface area contributed by atoms with Crippen LogP contribution in [0, 0.1) is 0 Å². The summed E-state index contributed by atoms with van der Waals surface area (Å²) in [6, 6.07) is 5.40. The topological polar surface area (TPSA) is 12.4 Å². The number of halogens is 3. The second-order valence-corrected chi connectivity index (χ2v) is 5.34. The molecule has 0 aliphatic heterocycles. The van der Waals surface area contributed by atoms with Crippen LogP contribution in [0.3, 0.4) is 0 Å². The first kappa shape index (κ1) is 13.8. The minimum atomic E-state index is -0.190. The predicted molar refractivity (Wildman–Crippen MR) is 73.5 cm³/mol. The van der Waals surface area contributed by atoms with E-state index in [4.69, 9.17) is 34.8 Å². The van der Waals surface area contributed by atoms with Gasteiger partial charge in [0.2, 0.25) is 0 Å². The number of aliphatic imine (C=N–C) groups is 1. The number of nitrogens with zero attached hydrogens (tertiary/aromatic N) is 1. The average Bonchev–Trinajstić information content (AvgIpc) is 2.16. The standard InChI is InChI=1S/C12H14Cl3N/c1-12(2,6-7-13)16-8-9-10(14)4-3-5-11(9)15/h3-5,8H,6-7H2,1-2H3. The van der Waals surface area contributed by atoms with E-state index in [9.17, 15) is 0 Å². The molecule has 0 radical (unpaired) electrons. The molecule has 1 rings (SSSR count). The van der Waals surface area contributed by atoms with Gasteiger partial charge in [0.15, 0.2) is 0 Å². The lowest BCUT2D eigenvalue weighted by Crippen LogP contribution is -2.17. The zero-order chi connectivity index (χ0) is 12.2. The van der Waals surface area contributed by atoms with Crippen LogP contribution in [0.1, 0.15) is 25.8 Å². The first-order valence-electron chi connectivity index (χ1n) is 5.01. The number of rotatable bonds is 4. The van der Waals surface area contributed by atoms with Gasteiger partial charge in [-0.1, -0.05) is 29.3 Å². The average molecular weight is 279 g/mol. The van der Waals surface area contributed by atoms with Crippen LogP contribution in [0.15, 0.2) is 23.2 Å². The van der Waals surface area contributed by atoms with Gasteiger partial charge in [-0.3, -0.25) is 4.99 Å². The van der Waals surface area contributed by atoms with E-state index in [1.54, 1.807) is 18.3 Å². The van der Waals surface area contributed by atoms with Crippen molar-refractivity contribution in [1.29, 1.82) is 0 Å². The molecule has 0 amide bonds. The summed E-state index contributed by atoms with van der Waals surface area (Å²) in [7, 11) is 0. The van der Waals surface area contributed by atoms with Crippen molar-refractivity contribution in [3.8, 4) is 0 Å². The molecule has 0 heterocycles. The second-order valence-electron chi connectivity index (χ2n) is 4.14. The van der Waals surface area contributed by atoms with Crippen LogP contribution in [0.2, 0.25) is 10.0 Å². The predicted octanol–water partition coefficient (Wildman–Crippen LogP) is 4.82. The van der Waals surface area contributed by atoms with Gasteiger partial charge in [-0.2, -0.15) is 0 Å². The molecule has 0 spiro atoms. The first-order valence-corrected chi connectivity index (χ1v) is 6.30. The van der Waals surface area contributed by atoms with Gasteiger partial charge in [0.25, 0.3) is 0 Å². The summed E-state index contributed by atoms with van der Waals surface area (Å²) in [5, 5.41) is 1.22. The van der Waals surface area contributed by atoms with E-state index in [1.807, 2.05) is 19.9 Å². The Morgan fingerprint density at radius 1 is 1.25 bits per heavy atom. The Labute approximate surface area is 111 Å². The van der Waals surface area contributed by atoms with Gasteiger partial charge in [-0.25, -0.2) is 0 Å². The number of hydrogen-bond donors (Lipinski definition) is 0. The normalized spacial score (nSPS) is 12.3. The van der Waals surface area contributed by atoms with Crippen molar-refractivity contribution in [1.82, 2.24) is 0 Å². The summed E-state index contributed by atoms with van der Waals surface area (Å²) >= 11 is 17.8. The maximum atomic E-state index is 6.03. The van der Waals surface area contributed by atoms with E-state index in [0.29, 0.717) is 15.9 Å². The molecule has 4 heteroatoms. The van der Waals surface area contributed by atoms with Crippen LogP contribution in [-0.4, -0.2) is 17.6 Å². The van der Waals surface area contributed by atoms with Crippen LogP contribution in [0.5, 0.6) is 0 Å². The molecule has 0 saturated carbocycles. The van der Waals surface area contributed by atoms with Gasteiger partial charge < -0.3 is 0 Å². The van der Waals surface area contributed by atoms with Gasteiger partial charge >= 0.3 is 0 Å². The maximum Gasteiger partial charge on any atom is 0.0563 e. The van der Waals surface area contributed by atoms with Crippen molar-refractivity contribution in [2.24, 2.45) is 4.99 Å². The lowest BCUT2D eigenvalue weighted by molar-refractivity contribution is 0.510. The number of benzene rings is 1. The minimum absolute atomic E-state index is 0.190. The van der Waals surface area contributed by atoms with Gasteiger partial charge in [-0.05, 0) is 32.4 Å². The molecule has 1 aromatic carbocycles. The van der Waals surface area contributed by atoms with Crippen LogP contribution in [-0.2, 0) is 0 Å². The lowest BCUT2D eigenvalue weighted by atomic mass is 10.0. The van der Waals surface area contributed by atoms with Crippen molar-refractivity contribution in [2.45, 2.75) is 25.8 Å². The molecular formula is C12H14Cl3N. The maximum absolute atomic E-state index is 6.03. The number of alkyl halides is 1. The highest BCUT2D eigenvalue weighted by Gasteiger charge is 2.14. The second kappa shape index (κ2) is 5.90. The van der Waals surface area contributed by atoms with Crippen LogP contribution >= 0.6 is 34.8 Å². The van der Waals surface area contributed by atoms with Crippen molar-refractivity contribution < 1.29 is 0 Å². The third-order valence-corrected chi connectivity index (χ3v) is 3.10. The SMILES string of the molecule is CC(C)(CCCl)N=Cc1c(Cl)cccc1Cl. The van der Waals surface area contributed by atoms with E-state index >= 15 is 0 Å². The zero-order valence-corrected chi connectivity index (χ0v) is 11.6. The van der Waals surface area contributed by atoms with Crippen molar-refractivity contribution in [3.05, 3.63) is 33.8 Å². The third-order valence-electron chi connectivity index (χ3n) is 2.25. The van der Waals surface area contributed by atoms with Crippen LogP contribution in [0.4, 0.5) is 0 Å². The Kier molecular flexibility index (Phi) is 5.10. The molecule has 0 N–H and O–H groups in total. The highest BCUT2D eigenvalue weighted by atomic mass is 35.5. The zero-order valence-electron chi connectivity index (χ0n) is 9.30. The highest BCUT2D eigenvalue weighted by Crippen LogP contribution is 2.23. The van der Waals surface area contributed by atoms with Crippen LogP contribution < -0.4 is 0 Å². The fraction of sp³-hybridized carbons (Fsp3) is 0.417. The molecule has 88 valence electrons. The summed E-state index contributed by atoms with van der Waals surface area (Å²) in [5.41, 5.74) is 0.568. The molecule has 0 atom stereocenters. The molecule has 0 aromatic heterocycles. The van der Waals surface area contributed by atoms with Crippen LogP contribution in [0.25, 0.3) is 0 Å². The molecule has 0 aliphatic carbocycles. The fourth-order valence-corrected chi connectivity index (χ4v) is 2.13. The van der Waals surface area contributed by atoms with Crippen molar-refractivity contribution >= 4 is 41.0 Å². The van der Waals surface area contributed by atoms with E-state index in [2.05, 4.69) is 4.99 Å². The monoisotopic (exact) mass is 277 g/mol. The Hall–Kier alpha value is -0.240. The molecule has 0 bridgehead atoms. The molecule has 0 aliphatic rings. The first-order chi connectivity index (χ1) is 7.46. The smallest absolute Gasteiger partial charge is 0.0563 e. The summed E-state index contributed by atoms with van der Waals surface area (Å²) in [4.78, 5) is 4.46. The van der Waals surface area contributed by atoms with Gasteiger partial charge in [0.05, 0.1) is 15.6 Å². The Bertz CT molecular complexity index is 366. The van der Waals surface area contributed by atoms with E-state index < -0.39 is 0 Å². The largest absolute Gasteiger partial charge is 0.286 e.